The van der Waals surface area contributed by atoms with E-state index in [9.17, 15) is 26.4 Å². The number of sulfonamides is 2. The van der Waals surface area contributed by atoms with Gasteiger partial charge in [0.1, 0.15) is 0 Å². The summed E-state index contributed by atoms with van der Waals surface area (Å²) in [6, 6.07) is 13.4. The van der Waals surface area contributed by atoms with E-state index in [1.807, 2.05) is 42.0 Å². The lowest BCUT2D eigenvalue weighted by atomic mass is 9.67. The van der Waals surface area contributed by atoms with Crippen molar-refractivity contribution < 1.29 is 26.4 Å². The molecule has 2 aromatic carbocycles. The van der Waals surface area contributed by atoms with E-state index in [1.165, 1.54) is 11.4 Å². The van der Waals surface area contributed by atoms with Crippen LogP contribution in [0.1, 0.15) is 69.0 Å². The number of benzene rings is 2. The third-order valence-electron chi connectivity index (χ3n) is 8.15. The number of nitrogens with zero attached hydrogens (tertiary/aromatic N) is 2. The molecule has 9 nitrogen and oxygen atoms in total. The van der Waals surface area contributed by atoms with Gasteiger partial charge in [0, 0.05) is 42.0 Å². The molecule has 230 valence electrons. The summed E-state index contributed by atoms with van der Waals surface area (Å²) in [7, 11) is -5.83. The molecule has 42 heavy (non-hydrogen) atoms. The Morgan fingerprint density at radius 3 is 2.26 bits per heavy atom. The first-order valence-electron chi connectivity index (χ1n) is 13.8. The molecular formula is C29H37Cl2N3O6S2. The van der Waals surface area contributed by atoms with Crippen LogP contribution in [-0.4, -0.2) is 69.0 Å². The number of hydrogen-bond acceptors (Lipinski definition) is 6. The minimum absolute atomic E-state index is 0.0685. The minimum atomic E-state index is -3.84. The Balaban J connectivity index is 1.86. The zero-order chi connectivity index (χ0) is 31.0. The third-order valence-corrected chi connectivity index (χ3v) is 11.6. The average molecular weight is 659 g/mol. The Labute approximate surface area is 258 Å². The van der Waals surface area contributed by atoms with Gasteiger partial charge in [0.15, 0.2) is 0 Å². The standard InChI is InChI=1S/C29H37Cl2N3O6S2/c1-5-23(18-33(3)42(39,40)24-13-14-24)34-27(19-9-11-21(30)12-10-19)25(20-7-6-8-22(31)15-20)16-29(2,28(34)36)17-26(35)32-41(4,37)38/h6-12,15,23-25,27H,5,13-14,16-18H2,1-4H3,(H,32,35)/t23?,25?,27?,29-/m1/s1. The first-order valence-corrected chi connectivity index (χ1v) is 18.0. The van der Waals surface area contributed by atoms with Crippen LogP contribution in [0.15, 0.2) is 48.5 Å². The van der Waals surface area contributed by atoms with Crippen LogP contribution >= 0.6 is 23.2 Å². The molecule has 1 saturated carbocycles. The predicted octanol–water partition coefficient (Wildman–Crippen LogP) is 4.73. The molecular weight excluding hydrogens is 621 g/mol. The third kappa shape index (κ3) is 7.30. The van der Waals surface area contributed by atoms with Crippen molar-refractivity contribution in [3.63, 3.8) is 0 Å². The zero-order valence-corrected chi connectivity index (χ0v) is 27.2. The van der Waals surface area contributed by atoms with Crippen molar-refractivity contribution in [1.29, 1.82) is 0 Å². The van der Waals surface area contributed by atoms with Crippen molar-refractivity contribution >= 4 is 55.1 Å². The van der Waals surface area contributed by atoms with Gasteiger partial charge >= 0.3 is 0 Å². The van der Waals surface area contributed by atoms with Crippen LogP contribution in [0, 0.1) is 5.41 Å². The van der Waals surface area contributed by atoms with Crippen LogP contribution < -0.4 is 4.72 Å². The van der Waals surface area contributed by atoms with Crippen molar-refractivity contribution in [3.05, 3.63) is 69.7 Å². The monoisotopic (exact) mass is 657 g/mol. The van der Waals surface area contributed by atoms with Crippen LogP contribution in [0.25, 0.3) is 0 Å². The van der Waals surface area contributed by atoms with Crippen molar-refractivity contribution in [1.82, 2.24) is 13.9 Å². The summed E-state index contributed by atoms with van der Waals surface area (Å²) in [6.45, 7) is 3.63. The maximum Gasteiger partial charge on any atom is 0.234 e. The topological polar surface area (TPSA) is 121 Å². The molecule has 1 N–H and O–H groups in total. The maximum absolute atomic E-state index is 14.6. The number of nitrogens with one attached hydrogen (secondary N) is 1. The fourth-order valence-electron chi connectivity index (χ4n) is 5.98. The Hall–Kier alpha value is -2.18. The first-order chi connectivity index (χ1) is 19.6. The quantitative estimate of drug-likeness (QED) is 0.373. The van der Waals surface area contributed by atoms with E-state index in [1.54, 1.807) is 30.0 Å². The molecule has 0 radical (unpaired) electrons. The smallest absolute Gasteiger partial charge is 0.234 e. The second-order valence-corrected chi connectivity index (χ2v) is 16.6. The van der Waals surface area contributed by atoms with Crippen LogP contribution in [0.2, 0.25) is 10.0 Å². The van der Waals surface area contributed by atoms with Crippen LogP contribution in [0.5, 0.6) is 0 Å². The molecule has 0 spiro atoms. The zero-order valence-electron chi connectivity index (χ0n) is 24.1. The summed E-state index contributed by atoms with van der Waals surface area (Å²) in [5.41, 5.74) is 0.335. The molecule has 0 bridgehead atoms. The van der Waals surface area contributed by atoms with E-state index in [4.69, 9.17) is 23.2 Å². The minimum Gasteiger partial charge on any atom is -0.330 e. The lowest BCUT2D eigenvalue weighted by molar-refractivity contribution is -0.157. The molecule has 1 heterocycles. The predicted molar refractivity (Wildman–Crippen MR) is 164 cm³/mol. The van der Waals surface area contributed by atoms with Crippen LogP contribution in [0.3, 0.4) is 0 Å². The Kier molecular flexibility index (Phi) is 9.69. The van der Waals surface area contributed by atoms with Gasteiger partial charge in [-0.2, -0.15) is 0 Å². The van der Waals surface area contributed by atoms with Gasteiger partial charge in [0.25, 0.3) is 0 Å². The molecule has 1 aliphatic carbocycles. The Morgan fingerprint density at radius 2 is 1.71 bits per heavy atom. The summed E-state index contributed by atoms with van der Waals surface area (Å²) in [6.07, 6.45) is 2.41. The molecule has 1 aliphatic heterocycles. The van der Waals surface area contributed by atoms with Crippen LogP contribution in [0.4, 0.5) is 0 Å². The number of likely N-dealkylation sites (N-methyl/N-ethyl adjacent to an activating group) is 1. The van der Waals surface area contributed by atoms with Crippen molar-refractivity contribution in [3.8, 4) is 0 Å². The first kappa shape index (κ1) is 32.7. The SMILES string of the molecule is CCC(CN(C)S(=O)(=O)C1CC1)N1C(=O)[C@@](C)(CC(=O)NS(C)(=O)=O)CC(c2cccc(Cl)c2)C1c1ccc(Cl)cc1. The van der Waals surface area contributed by atoms with E-state index in [0.717, 1.165) is 17.4 Å². The Morgan fingerprint density at radius 1 is 1.07 bits per heavy atom. The molecule has 2 aromatic rings. The number of amides is 2. The van der Waals surface area contributed by atoms with Gasteiger partial charge in [0.05, 0.1) is 23.0 Å². The lowest BCUT2D eigenvalue weighted by Crippen LogP contribution is -2.58. The Bertz CT molecular complexity index is 1550. The molecule has 2 amide bonds. The second-order valence-electron chi connectivity index (χ2n) is 11.7. The number of carbonyl (C=O) groups is 2. The van der Waals surface area contributed by atoms with Gasteiger partial charge < -0.3 is 4.90 Å². The van der Waals surface area contributed by atoms with Gasteiger partial charge in [-0.1, -0.05) is 61.3 Å². The van der Waals surface area contributed by atoms with E-state index < -0.39 is 48.7 Å². The average Bonchev–Trinajstić information content (AvgIpc) is 3.74. The van der Waals surface area contributed by atoms with Crippen molar-refractivity contribution in [2.45, 2.75) is 69.2 Å². The van der Waals surface area contributed by atoms with Gasteiger partial charge in [-0.05, 0) is 61.1 Å². The van der Waals surface area contributed by atoms with Gasteiger partial charge in [0.2, 0.25) is 31.9 Å². The summed E-state index contributed by atoms with van der Waals surface area (Å²) < 4.78 is 53.2. The molecule has 2 fully saturated rings. The number of hydrogen-bond donors (Lipinski definition) is 1. The number of carbonyl (C=O) groups excluding carboxylic acids is 2. The van der Waals surface area contributed by atoms with Gasteiger partial charge in [-0.25, -0.2) is 21.1 Å². The normalized spacial score (nSPS) is 24.1. The molecule has 0 aromatic heterocycles. The van der Waals surface area contributed by atoms with E-state index in [-0.39, 0.29) is 31.2 Å². The molecule has 4 rings (SSSR count). The number of likely N-dealkylation sites (tertiary alicyclic amines) is 1. The lowest BCUT2D eigenvalue weighted by Gasteiger charge is -2.52. The second kappa shape index (κ2) is 12.4. The van der Waals surface area contributed by atoms with E-state index >= 15 is 0 Å². The summed E-state index contributed by atoms with van der Waals surface area (Å²) in [5.74, 6) is -1.50. The fourth-order valence-corrected chi connectivity index (χ4v) is 8.41. The number of piperidine rings is 1. The molecule has 3 unspecified atom stereocenters. The van der Waals surface area contributed by atoms with Crippen molar-refractivity contribution in [2.75, 3.05) is 19.8 Å². The highest BCUT2D eigenvalue weighted by Gasteiger charge is 2.53. The van der Waals surface area contributed by atoms with E-state index in [0.29, 0.717) is 29.3 Å². The highest BCUT2D eigenvalue weighted by molar-refractivity contribution is 7.90. The largest absolute Gasteiger partial charge is 0.330 e. The maximum atomic E-state index is 14.6. The molecule has 13 heteroatoms. The van der Waals surface area contributed by atoms with Gasteiger partial charge in [-0.3, -0.25) is 14.3 Å². The molecule has 2 aliphatic rings. The highest BCUT2D eigenvalue weighted by Crippen LogP contribution is 2.52. The summed E-state index contributed by atoms with van der Waals surface area (Å²) >= 11 is 12.6. The van der Waals surface area contributed by atoms with Crippen LogP contribution in [-0.2, 0) is 29.6 Å². The van der Waals surface area contributed by atoms with E-state index in [2.05, 4.69) is 0 Å². The van der Waals surface area contributed by atoms with Gasteiger partial charge in [-0.15, -0.1) is 0 Å². The summed E-state index contributed by atoms with van der Waals surface area (Å²) in [5, 5.41) is 0.620. The van der Waals surface area contributed by atoms with Crippen molar-refractivity contribution in [2.24, 2.45) is 5.41 Å². The number of rotatable bonds is 11. The fraction of sp³-hybridized carbons (Fsp3) is 0.517. The summed E-state index contributed by atoms with van der Waals surface area (Å²) in [4.78, 5) is 29.2. The number of halogens is 2. The molecule has 4 atom stereocenters. The molecule has 1 saturated heterocycles. The highest BCUT2D eigenvalue weighted by atomic mass is 35.5.